The van der Waals surface area contributed by atoms with Crippen molar-refractivity contribution in [3.05, 3.63) is 0 Å². The number of thioether (sulfide) groups is 1. The van der Waals surface area contributed by atoms with Crippen LogP contribution in [0.15, 0.2) is 4.99 Å². The summed E-state index contributed by atoms with van der Waals surface area (Å²) in [4.78, 5) is 54.4. The van der Waals surface area contributed by atoms with E-state index in [2.05, 4.69) is 20.9 Å². The van der Waals surface area contributed by atoms with Crippen molar-refractivity contribution in [2.24, 2.45) is 33.8 Å². The van der Waals surface area contributed by atoms with E-state index in [9.17, 15) is 24.3 Å². The number of carboxylic acid groups (broad SMARTS) is 1. The Morgan fingerprint density at radius 1 is 0.919 bits per heavy atom. The minimum Gasteiger partial charge on any atom is -0.480 e. The smallest absolute Gasteiger partial charge is 0.326 e. The van der Waals surface area contributed by atoms with Gasteiger partial charge in [-0.25, -0.2) is 4.79 Å². The predicted octanol–water partition coefficient (Wildman–Crippen LogP) is -1.17. The van der Waals surface area contributed by atoms with Crippen LogP contribution in [0.4, 0.5) is 0 Å². The molecular formula is C23H46N8O5S. The molecule has 5 unspecified atom stereocenters. The lowest BCUT2D eigenvalue weighted by Gasteiger charge is -2.26. The zero-order valence-electron chi connectivity index (χ0n) is 22.2. The van der Waals surface area contributed by atoms with Gasteiger partial charge in [-0.2, -0.15) is 11.8 Å². The Balaban J connectivity index is 5.58. The van der Waals surface area contributed by atoms with Crippen molar-refractivity contribution in [2.75, 3.05) is 25.1 Å². The third-order valence-electron chi connectivity index (χ3n) is 5.90. The Morgan fingerprint density at radius 2 is 1.51 bits per heavy atom. The second-order valence-electron chi connectivity index (χ2n) is 8.95. The molecule has 0 fully saturated rings. The van der Waals surface area contributed by atoms with Crippen LogP contribution in [-0.2, 0) is 19.2 Å². The summed E-state index contributed by atoms with van der Waals surface area (Å²) in [5.74, 6) is -2.67. The molecule has 0 aromatic heterocycles. The number of nitrogens with zero attached hydrogens (tertiary/aromatic N) is 1. The minimum absolute atomic E-state index is 0.101. The van der Waals surface area contributed by atoms with Crippen LogP contribution in [-0.4, -0.2) is 84.0 Å². The number of unbranched alkanes of at least 4 members (excludes halogenated alkanes) is 1. The first-order chi connectivity index (χ1) is 17.5. The minimum atomic E-state index is -1.16. The van der Waals surface area contributed by atoms with E-state index in [1.165, 1.54) is 11.8 Å². The molecule has 37 heavy (non-hydrogen) atoms. The molecule has 0 aliphatic carbocycles. The lowest BCUT2D eigenvalue weighted by molar-refractivity contribution is -0.144. The van der Waals surface area contributed by atoms with Crippen molar-refractivity contribution in [1.29, 1.82) is 0 Å². The number of aliphatic carboxylic acids is 1. The standard InChI is InChI=1S/C23H46N8O5S/c1-4-14(2)18(22(35)36)31-21(34)16(9-7-12-28-23(26)27)30-20(33)17(10-13-37-3)29-19(32)15(25)8-5-6-11-24/h14-18H,4-13,24-25H2,1-3H3,(H,29,32)(H,30,33)(H,31,34)(H,35,36)(H4,26,27,28). The second-order valence-corrected chi connectivity index (χ2v) is 9.94. The molecule has 0 bridgehead atoms. The normalized spacial score (nSPS) is 14.9. The zero-order valence-corrected chi connectivity index (χ0v) is 23.0. The molecule has 3 amide bonds. The lowest BCUT2D eigenvalue weighted by Crippen LogP contribution is -2.57. The van der Waals surface area contributed by atoms with Crippen LogP contribution < -0.4 is 38.9 Å². The maximum atomic E-state index is 13.2. The number of aliphatic imine (C=N–C) groups is 1. The molecule has 0 saturated heterocycles. The summed E-state index contributed by atoms with van der Waals surface area (Å²) in [5.41, 5.74) is 22.2. The third kappa shape index (κ3) is 14.7. The van der Waals surface area contributed by atoms with Crippen molar-refractivity contribution >= 4 is 41.4 Å². The molecule has 12 N–H and O–H groups in total. The Labute approximate surface area is 223 Å². The van der Waals surface area contributed by atoms with E-state index in [4.69, 9.17) is 22.9 Å². The maximum Gasteiger partial charge on any atom is 0.326 e. The van der Waals surface area contributed by atoms with Crippen molar-refractivity contribution in [1.82, 2.24) is 16.0 Å². The Kier molecular flexibility index (Phi) is 18.2. The van der Waals surface area contributed by atoms with Crippen molar-refractivity contribution in [2.45, 2.75) is 83.0 Å². The summed E-state index contributed by atoms with van der Waals surface area (Å²) in [7, 11) is 0. The average Bonchev–Trinajstić information content (AvgIpc) is 2.85. The van der Waals surface area contributed by atoms with Gasteiger partial charge < -0.3 is 44.0 Å². The van der Waals surface area contributed by atoms with Gasteiger partial charge in [0, 0.05) is 6.54 Å². The van der Waals surface area contributed by atoms with Crippen LogP contribution in [0.25, 0.3) is 0 Å². The number of rotatable bonds is 20. The number of amides is 3. The van der Waals surface area contributed by atoms with Gasteiger partial charge in [0.1, 0.15) is 18.1 Å². The molecule has 13 nitrogen and oxygen atoms in total. The van der Waals surface area contributed by atoms with Gasteiger partial charge in [0.15, 0.2) is 5.96 Å². The van der Waals surface area contributed by atoms with Crippen molar-refractivity contribution in [3.8, 4) is 0 Å². The highest BCUT2D eigenvalue weighted by molar-refractivity contribution is 7.98. The molecule has 0 rings (SSSR count). The number of nitrogens with two attached hydrogens (primary N) is 4. The van der Waals surface area contributed by atoms with Gasteiger partial charge in [0.05, 0.1) is 6.04 Å². The van der Waals surface area contributed by atoms with Gasteiger partial charge in [-0.3, -0.25) is 19.4 Å². The number of hydrogen-bond acceptors (Lipinski definition) is 8. The number of guanidine groups is 1. The highest BCUT2D eigenvalue weighted by Gasteiger charge is 2.31. The molecule has 0 aliphatic heterocycles. The van der Waals surface area contributed by atoms with Crippen molar-refractivity contribution < 1.29 is 24.3 Å². The van der Waals surface area contributed by atoms with Gasteiger partial charge in [0.2, 0.25) is 17.7 Å². The molecular weight excluding hydrogens is 500 g/mol. The molecule has 0 saturated carbocycles. The van der Waals surface area contributed by atoms with Crippen LogP contribution in [0.2, 0.25) is 0 Å². The average molecular weight is 547 g/mol. The molecule has 0 aromatic carbocycles. The van der Waals surface area contributed by atoms with Gasteiger partial charge >= 0.3 is 5.97 Å². The molecule has 0 aromatic rings. The van der Waals surface area contributed by atoms with Gasteiger partial charge in [-0.15, -0.1) is 0 Å². The SMILES string of the molecule is CCC(C)C(NC(=O)C(CCCN=C(N)N)NC(=O)C(CCSC)NC(=O)C(N)CCCCN)C(=O)O. The first-order valence-corrected chi connectivity index (χ1v) is 14.0. The zero-order chi connectivity index (χ0) is 28.4. The Morgan fingerprint density at radius 3 is 2.05 bits per heavy atom. The fraction of sp³-hybridized carbons (Fsp3) is 0.783. The van der Waals surface area contributed by atoms with Gasteiger partial charge in [0.25, 0.3) is 0 Å². The van der Waals surface area contributed by atoms with Crippen LogP contribution >= 0.6 is 11.8 Å². The highest BCUT2D eigenvalue weighted by Crippen LogP contribution is 2.10. The van der Waals surface area contributed by atoms with E-state index in [0.29, 0.717) is 44.4 Å². The fourth-order valence-corrected chi connectivity index (χ4v) is 3.88. The quantitative estimate of drug-likeness (QED) is 0.0517. The fourth-order valence-electron chi connectivity index (χ4n) is 3.40. The second kappa shape index (κ2) is 19.5. The van der Waals surface area contributed by atoms with E-state index in [1.807, 2.05) is 13.2 Å². The van der Waals surface area contributed by atoms with E-state index in [-0.39, 0.29) is 24.8 Å². The predicted molar refractivity (Wildman–Crippen MR) is 147 cm³/mol. The summed E-state index contributed by atoms with van der Waals surface area (Å²) in [6.07, 6.45) is 5.09. The molecule has 14 heteroatoms. The summed E-state index contributed by atoms with van der Waals surface area (Å²) in [6.45, 7) is 4.26. The van der Waals surface area contributed by atoms with Crippen LogP contribution in [0.3, 0.4) is 0 Å². The van der Waals surface area contributed by atoms with Gasteiger partial charge in [-0.1, -0.05) is 26.7 Å². The van der Waals surface area contributed by atoms with Crippen molar-refractivity contribution in [3.63, 3.8) is 0 Å². The number of hydrogen-bond donors (Lipinski definition) is 8. The van der Waals surface area contributed by atoms with Crippen LogP contribution in [0.1, 0.15) is 58.8 Å². The third-order valence-corrected chi connectivity index (χ3v) is 6.55. The Hall–Kier alpha value is -2.58. The molecule has 0 spiro atoms. The van der Waals surface area contributed by atoms with Crippen LogP contribution in [0, 0.1) is 5.92 Å². The van der Waals surface area contributed by atoms with Crippen LogP contribution in [0.5, 0.6) is 0 Å². The first kappa shape index (κ1) is 34.4. The van der Waals surface area contributed by atoms with E-state index in [1.54, 1.807) is 6.92 Å². The maximum absolute atomic E-state index is 13.2. The molecule has 214 valence electrons. The molecule has 0 radical (unpaired) electrons. The summed E-state index contributed by atoms with van der Waals surface area (Å²) < 4.78 is 0. The number of carboxylic acids is 1. The first-order valence-electron chi connectivity index (χ1n) is 12.6. The van der Waals surface area contributed by atoms with Gasteiger partial charge in [-0.05, 0) is 56.6 Å². The largest absolute Gasteiger partial charge is 0.480 e. The lowest BCUT2D eigenvalue weighted by atomic mass is 9.98. The number of nitrogens with one attached hydrogen (secondary N) is 3. The number of carbonyl (C=O) groups is 4. The Bertz CT molecular complexity index is 751. The summed E-state index contributed by atoms with van der Waals surface area (Å²) in [6, 6.07) is -3.88. The monoisotopic (exact) mass is 546 g/mol. The summed E-state index contributed by atoms with van der Waals surface area (Å²) in [5, 5.41) is 17.5. The molecule has 0 heterocycles. The summed E-state index contributed by atoms with van der Waals surface area (Å²) >= 11 is 1.50. The van der Waals surface area contributed by atoms with E-state index >= 15 is 0 Å². The molecule has 0 aliphatic rings. The van der Waals surface area contributed by atoms with E-state index in [0.717, 1.165) is 6.42 Å². The van der Waals surface area contributed by atoms with E-state index < -0.39 is 47.9 Å². The molecule has 5 atom stereocenters. The number of carbonyl (C=O) groups excluding carboxylic acids is 3. The topological polar surface area (TPSA) is 241 Å². The highest BCUT2D eigenvalue weighted by atomic mass is 32.2.